The van der Waals surface area contributed by atoms with Crippen LogP contribution in [0, 0.1) is 0 Å². The Bertz CT molecular complexity index is 530. The number of nitrogens with two attached hydrogens (primary N) is 1. The highest BCUT2D eigenvalue weighted by molar-refractivity contribution is 6.63. The van der Waals surface area contributed by atoms with Gasteiger partial charge in [0.2, 0.25) is 0 Å². The fraction of sp³-hybridized carbons (Fsp3) is 0.600. The van der Waals surface area contributed by atoms with Crippen molar-refractivity contribution >= 4 is 24.4 Å². The minimum absolute atomic E-state index is 0.158. The molecule has 122 valence electrons. The number of hydrogen-bond donors (Lipinski definition) is 1. The largest absolute Gasteiger partial charge is 0.498 e. The van der Waals surface area contributed by atoms with Crippen molar-refractivity contribution in [2.45, 2.75) is 52.7 Å². The van der Waals surface area contributed by atoms with Crippen molar-refractivity contribution in [2.75, 3.05) is 12.8 Å². The van der Waals surface area contributed by atoms with Gasteiger partial charge in [0.15, 0.2) is 5.69 Å². The monoisotopic (exact) mass is 308 g/mol. The molecule has 0 unspecified atom stereocenters. The van der Waals surface area contributed by atoms with Gasteiger partial charge in [0.1, 0.15) is 5.82 Å². The quantitative estimate of drug-likeness (QED) is 0.662. The average Bonchev–Trinajstić information content (AvgIpc) is 2.68. The first-order valence-electron chi connectivity index (χ1n) is 7.38. The molecule has 1 fully saturated rings. The molecule has 2 N–H and O–H groups in total. The first-order chi connectivity index (χ1) is 10.2. The van der Waals surface area contributed by atoms with Gasteiger partial charge < -0.3 is 19.8 Å². The van der Waals surface area contributed by atoms with E-state index in [1.807, 2.05) is 41.5 Å². The zero-order valence-corrected chi connectivity index (χ0v) is 14.4. The van der Waals surface area contributed by atoms with Crippen LogP contribution < -0.4 is 11.2 Å². The molecule has 0 aliphatic carbocycles. The van der Waals surface area contributed by atoms with Gasteiger partial charge in [-0.3, -0.25) is 0 Å². The van der Waals surface area contributed by atoms with Crippen LogP contribution in [0.5, 0.6) is 0 Å². The van der Waals surface area contributed by atoms with Crippen molar-refractivity contribution in [3.05, 3.63) is 17.8 Å². The van der Waals surface area contributed by atoms with Gasteiger partial charge in [0, 0.05) is 5.46 Å². The second-order valence-corrected chi connectivity index (χ2v) is 5.75. The van der Waals surface area contributed by atoms with E-state index in [-0.39, 0.29) is 11.5 Å². The molecule has 1 aliphatic heterocycles. The van der Waals surface area contributed by atoms with E-state index >= 15 is 0 Å². The Kier molecular flexibility index (Phi) is 5.59. The zero-order chi connectivity index (χ0) is 17.1. The number of ether oxygens (including phenoxy) is 1. The van der Waals surface area contributed by atoms with Crippen LogP contribution in [0.2, 0.25) is 0 Å². The maximum Gasteiger partial charge on any atom is 0.498 e. The number of esters is 1. The highest BCUT2D eigenvalue weighted by Crippen LogP contribution is 2.36. The number of nitrogen functional groups attached to an aromatic ring is 1. The van der Waals surface area contributed by atoms with E-state index in [1.165, 1.54) is 7.11 Å². The van der Waals surface area contributed by atoms with Gasteiger partial charge in [-0.05, 0) is 33.8 Å². The predicted octanol–water partition coefficient (Wildman–Crippen LogP) is 1.78. The van der Waals surface area contributed by atoms with Crippen molar-refractivity contribution < 1.29 is 18.8 Å². The van der Waals surface area contributed by atoms with Crippen molar-refractivity contribution in [2.24, 2.45) is 0 Å². The molecule has 2 heterocycles. The van der Waals surface area contributed by atoms with Crippen LogP contribution in [0.4, 0.5) is 5.82 Å². The van der Waals surface area contributed by atoms with Gasteiger partial charge in [-0.15, -0.1) is 0 Å². The van der Waals surface area contributed by atoms with E-state index in [0.29, 0.717) is 5.46 Å². The smallest absolute Gasteiger partial charge is 0.464 e. The van der Waals surface area contributed by atoms with Crippen LogP contribution in [0.25, 0.3) is 0 Å². The molecule has 6 nitrogen and oxygen atoms in total. The van der Waals surface area contributed by atoms with Crippen molar-refractivity contribution in [3.63, 3.8) is 0 Å². The maximum absolute atomic E-state index is 11.4. The van der Waals surface area contributed by atoms with E-state index in [9.17, 15) is 4.79 Å². The summed E-state index contributed by atoms with van der Waals surface area (Å²) in [5.41, 5.74) is 5.75. The summed E-state index contributed by atoms with van der Waals surface area (Å²) in [6.07, 6.45) is 0. The highest BCUT2D eigenvalue weighted by atomic mass is 16.7. The van der Waals surface area contributed by atoms with Crippen LogP contribution in [-0.4, -0.2) is 36.4 Å². The molecule has 0 atom stereocenters. The summed E-state index contributed by atoms with van der Waals surface area (Å²) in [6, 6.07) is 3.22. The molecule has 0 saturated carbocycles. The second kappa shape index (κ2) is 6.66. The van der Waals surface area contributed by atoms with Crippen molar-refractivity contribution in [1.29, 1.82) is 0 Å². The Hall–Kier alpha value is -1.60. The lowest BCUT2D eigenvalue weighted by atomic mass is 9.79. The third-order valence-corrected chi connectivity index (χ3v) is 3.86. The first-order valence-corrected chi connectivity index (χ1v) is 7.38. The molecule has 0 radical (unpaired) electrons. The van der Waals surface area contributed by atoms with Gasteiger partial charge in [-0.2, -0.15) is 0 Å². The third kappa shape index (κ3) is 3.42. The van der Waals surface area contributed by atoms with Crippen LogP contribution in [-0.2, 0) is 14.0 Å². The average molecular weight is 308 g/mol. The Morgan fingerprint density at radius 1 is 1.18 bits per heavy atom. The van der Waals surface area contributed by atoms with E-state index in [0.717, 1.165) is 0 Å². The van der Waals surface area contributed by atoms with Gasteiger partial charge in [-0.1, -0.05) is 19.9 Å². The van der Waals surface area contributed by atoms with Gasteiger partial charge in [0.25, 0.3) is 0 Å². The SMILES string of the molecule is CC.COC(=O)c1ccc(B2OC(C)(C)C(C)(C)O2)c(N)n1. The summed E-state index contributed by atoms with van der Waals surface area (Å²) in [6.45, 7) is 11.8. The molecule has 0 bridgehead atoms. The highest BCUT2D eigenvalue weighted by Gasteiger charge is 2.52. The molecule has 1 aromatic rings. The third-order valence-electron chi connectivity index (χ3n) is 3.86. The Labute approximate surface area is 132 Å². The fourth-order valence-corrected chi connectivity index (χ4v) is 1.87. The number of hydrogen-bond acceptors (Lipinski definition) is 6. The van der Waals surface area contributed by atoms with E-state index < -0.39 is 24.3 Å². The molecule has 1 aliphatic rings. The number of nitrogens with zero attached hydrogens (tertiary/aromatic N) is 1. The van der Waals surface area contributed by atoms with Crippen LogP contribution in [0.1, 0.15) is 52.0 Å². The number of carbonyl (C=O) groups excluding carboxylic acids is 1. The summed E-state index contributed by atoms with van der Waals surface area (Å²) in [5, 5.41) is 0. The van der Waals surface area contributed by atoms with Gasteiger partial charge >= 0.3 is 13.1 Å². The number of anilines is 1. The Morgan fingerprint density at radius 3 is 2.09 bits per heavy atom. The number of aromatic nitrogens is 1. The first kappa shape index (κ1) is 18.5. The summed E-state index contributed by atoms with van der Waals surface area (Å²) in [7, 11) is 0.696. The maximum atomic E-state index is 11.4. The molecule has 2 rings (SSSR count). The van der Waals surface area contributed by atoms with Gasteiger partial charge in [-0.25, -0.2) is 9.78 Å². The van der Waals surface area contributed by atoms with Crippen molar-refractivity contribution in [1.82, 2.24) is 4.98 Å². The molecule has 1 aromatic heterocycles. The Balaban J connectivity index is 0.00000116. The summed E-state index contributed by atoms with van der Waals surface area (Å²) >= 11 is 0. The molecular formula is C15H25BN2O4. The number of pyridine rings is 1. The molecular weight excluding hydrogens is 283 g/mol. The lowest BCUT2D eigenvalue weighted by Gasteiger charge is -2.32. The zero-order valence-electron chi connectivity index (χ0n) is 14.4. The predicted molar refractivity (Wildman–Crippen MR) is 87.1 cm³/mol. The van der Waals surface area contributed by atoms with E-state index in [2.05, 4.69) is 9.72 Å². The summed E-state index contributed by atoms with van der Waals surface area (Å²) in [5.74, 6) is -0.330. The molecule has 0 spiro atoms. The van der Waals surface area contributed by atoms with E-state index in [4.69, 9.17) is 15.0 Å². The molecule has 1 saturated heterocycles. The van der Waals surface area contributed by atoms with Crippen LogP contribution >= 0.6 is 0 Å². The molecule has 22 heavy (non-hydrogen) atoms. The minimum Gasteiger partial charge on any atom is -0.464 e. The number of carbonyl (C=O) groups is 1. The summed E-state index contributed by atoms with van der Waals surface area (Å²) < 4.78 is 16.4. The number of methoxy groups -OCH3 is 1. The van der Waals surface area contributed by atoms with Crippen LogP contribution in [0.3, 0.4) is 0 Å². The topological polar surface area (TPSA) is 83.7 Å². The lowest BCUT2D eigenvalue weighted by Crippen LogP contribution is -2.41. The summed E-state index contributed by atoms with van der Waals surface area (Å²) in [4.78, 5) is 15.4. The van der Waals surface area contributed by atoms with E-state index in [1.54, 1.807) is 12.1 Å². The normalized spacial score (nSPS) is 18.4. The molecule has 0 amide bonds. The van der Waals surface area contributed by atoms with Crippen molar-refractivity contribution in [3.8, 4) is 0 Å². The fourth-order valence-electron chi connectivity index (χ4n) is 1.87. The van der Waals surface area contributed by atoms with Crippen LogP contribution in [0.15, 0.2) is 12.1 Å². The lowest BCUT2D eigenvalue weighted by molar-refractivity contribution is 0.00578. The number of rotatable bonds is 2. The molecule has 0 aromatic carbocycles. The minimum atomic E-state index is -0.598. The second-order valence-electron chi connectivity index (χ2n) is 5.75. The molecule has 7 heteroatoms. The Morgan fingerprint density at radius 2 is 1.68 bits per heavy atom. The standard InChI is InChI=1S/C13H19BN2O4.C2H6/c1-12(2)13(3,4)20-14(19-12)8-6-7-9(11(17)18-5)16-10(8)15;1-2/h6-7H,1-5H3,(H2,15,16);1-2H3. The van der Waals surface area contributed by atoms with Gasteiger partial charge in [0.05, 0.1) is 18.3 Å².